The van der Waals surface area contributed by atoms with Crippen LogP contribution in [0.1, 0.15) is 32.6 Å². The second kappa shape index (κ2) is 3.75. The van der Waals surface area contributed by atoms with Crippen LogP contribution in [0.4, 0.5) is 0 Å². The Morgan fingerprint density at radius 3 is 2.83 bits per heavy atom. The first-order valence-electron chi connectivity index (χ1n) is 5.33. The van der Waals surface area contributed by atoms with Crippen molar-refractivity contribution in [3.05, 3.63) is 0 Å². The largest absolute Gasteiger partial charge is 0.313 e. The summed E-state index contributed by atoms with van der Waals surface area (Å²) in [5.74, 6) is 0.992. The van der Waals surface area contributed by atoms with Gasteiger partial charge in [-0.05, 0) is 45.1 Å². The molecule has 1 aliphatic heterocycles. The molecular weight excluding hydrogens is 148 g/mol. The average molecular weight is 168 g/mol. The van der Waals surface area contributed by atoms with Gasteiger partial charge in [0, 0.05) is 18.6 Å². The molecule has 2 fully saturated rings. The third-order valence-electron chi connectivity index (χ3n) is 3.18. The van der Waals surface area contributed by atoms with Gasteiger partial charge in [-0.15, -0.1) is 0 Å². The van der Waals surface area contributed by atoms with Crippen LogP contribution in [0.2, 0.25) is 0 Å². The van der Waals surface area contributed by atoms with Crippen molar-refractivity contribution in [2.24, 2.45) is 5.92 Å². The normalized spacial score (nSPS) is 32.2. The van der Waals surface area contributed by atoms with Gasteiger partial charge in [-0.3, -0.25) is 0 Å². The van der Waals surface area contributed by atoms with Crippen LogP contribution >= 0.6 is 0 Å². The maximum atomic E-state index is 3.62. The third kappa shape index (κ3) is 2.20. The fourth-order valence-corrected chi connectivity index (χ4v) is 2.02. The Bertz CT molecular complexity index is 135. The first-order valence-corrected chi connectivity index (χ1v) is 5.33. The summed E-state index contributed by atoms with van der Waals surface area (Å²) in [7, 11) is 0. The van der Waals surface area contributed by atoms with Crippen molar-refractivity contribution < 1.29 is 0 Å². The van der Waals surface area contributed by atoms with Gasteiger partial charge >= 0.3 is 0 Å². The highest BCUT2D eigenvalue weighted by Crippen LogP contribution is 2.32. The van der Waals surface area contributed by atoms with E-state index in [9.17, 15) is 0 Å². The van der Waals surface area contributed by atoms with E-state index in [0.717, 1.165) is 18.0 Å². The number of hydrogen-bond donors (Lipinski definition) is 2. The molecule has 12 heavy (non-hydrogen) atoms. The van der Waals surface area contributed by atoms with Crippen molar-refractivity contribution >= 4 is 0 Å². The smallest absolute Gasteiger partial charge is 0.0193 e. The molecule has 0 aromatic rings. The van der Waals surface area contributed by atoms with E-state index < -0.39 is 0 Å². The van der Waals surface area contributed by atoms with Gasteiger partial charge in [0.25, 0.3) is 0 Å². The van der Waals surface area contributed by atoms with Crippen LogP contribution in [-0.4, -0.2) is 25.2 Å². The van der Waals surface area contributed by atoms with E-state index >= 15 is 0 Å². The van der Waals surface area contributed by atoms with Gasteiger partial charge < -0.3 is 10.6 Å². The van der Waals surface area contributed by atoms with Crippen LogP contribution in [0.25, 0.3) is 0 Å². The Morgan fingerprint density at radius 1 is 1.42 bits per heavy atom. The minimum atomic E-state index is 0.756. The molecular formula is C10H20N2. The molecule has 70 valence electrons. The summed E-state index contributed by atoms with van der Waals surface area (Å²) in [6, 6.07) is 1.51. The Hall–Kier alpha value is -0.0800. The third-order valence-corrected chi connectivity index (χ3v) is 3.18. The predicted octanol–water partition coefficient (Wildman–Crippen LogP) is 1.13. The van der Waals surface area contributed by atoms with Crippen molar-refractivity contribution in [1.82, 2.24) is 10.6 Å². The van der Waals surface area contributed by atoms with Gasteiger partial charge in [0.05, 0.1) is 0 Å². The maximum absolute atomic E-state index is 3.62. The summed E-state index contributed by atoms with van der Waals surface area (Å²) >= 11 is 0. The highest BCUT2D eigenvalue weighted by atomic mass is 15.0. The minimum Gasteiger partial charge on any atom is -0.313 e. The topological polar surface area (TPSA) is 24.1 Å². The molecule has 2 nitrogen and oxygen atoms in total. The predicted molar refractivity (Wildman–Crippen MR) is 51.2 cm³/mol. The quantitative estimate of drug-likeness (QED) is 0.657. The molecule has 0 radical (unpaired) electrons. The molecule has 2 aliphatic rings. The van der Waals surface area contributed by atoms with E-state index in [4.69, 9.17) is 0 Å². The average Bonchev–Trinajstić information content (AvgIpc) is 2.80. The Kier molecular flexibility index (Phi) is 2.66. The first-order chi connectivity index (χ1) is 5.86. The highest BCUT2D eigenvalue weighted by molar-refractivity contribution is 4.85. The Labute approximate surface area is 75.1 Å². The summed E-state index contributed by atoms with van der Waals surface area (Å²) in [4.78, 5) is 0. The monoisotopic (exact) mass is 168 g/mol. The molecule has 0 spiro atoms. The SMILES string of the molecule is CC(NCC1CCCN1)C1CC1. The zero-order chi connectivity index (χ0) is 8.39. The molecule has 1 saturated carbocycles. The van der Waals surface area contributed by atoms with E-state index in [1.54, 1.807) is 0 Å². The van der Waals surface area contributed by atoms with Gasteiger partial charge in [-0.2, -0.15) is 0 Å². The van der Waals surface area contributed by atoms with Gasteiger partial charge in [0.2, 0.25) is 0 Å². The molecule has 1 aliphatic carbocycles. The van der Waals surface area contributed by atoms with Crippen LogP contribution in [0.15, 0.2) is 0 Å². The van der Waals surface area contributed by atoms with Crippen molar-refractivity contribution in [3.8, 4) is 0 Å². The van der Waals surface area contributed by atoms with E-state index in [2.05, 4.69) is 17.6 Å². The molecule has 2 unspecified atom stereocenters. The molecule has 0 amide bonds. The maximum Gasteiger partial charge on any atom is 0.0193 e. The summed E-state index contributed by atoms with van der Waals surface area (Å²) in [6.07, 6.45) is 5.63. The van der Waals surface area contributed by atoms with Crippen molar-refractivity contribution in [2.75, 3.05) is 13.1 Å². The van der Waals surface area contributed by atoms with Gasteiger partial charge in [-0.25, -0.2) is 0 Å². The number of nitrogens with one attached hydrogen (secondary N) is 2. The highest BCUT2D eigenvalue weighted by Gasteiger charge is 2.28. The lowest BCUT2D eigenvalue weighted by Crippen LogP contribution is -2.39. The van der Waals surface area contributed by atoms with Crippen LogP contribution in [0, 0.1) is 5.92 Å². The molecule has 2 rings (SSSR count). The molecule has 1 saturated heterocycles. The van der Waals surface area contributed by atoms with Crippen molar-refractivity contribution in [1.29, 1.82) is 0 Å². The summed E-state index contributed by atoms with van der Waals surface area (Å²) in [5.41, 5.74) is 0. The zero-order valence-electron chi connectivity index (χ0n) is 7.97. The first kappa shape index (κ1) is 8.52. The molecule has 0 aromatic carbocycles. The fraction of sp³-hybridized carbons (Fsp3) is 1.00. The standard InChI is InChI=1S/C10H20N2/c1-8(9-4-5-9)12-7-10-3-2-6-11-10/h8-12H,2-7H2,1H3. The minimum absolute atomic E-state index is 0.756. The molecule has 0 aromatic heterocycles. The summed E-state index contributed by atoms with van der Waals surface area (Å²) < 4.78 is 0. The second-order valence-corrected chi connectivity index (χ2v) is 4.33. The summed E-state index contributed by atoms with van der Waals surface area (Å²) in [5, 5.41) is 7.13. The molecule has 2 atom stereocenters. The zero-order valence-corrected chi connectivity index (χ0v) is 7.97. The summed E-state index contributed by atoms with van der Waals surface area (Å²) in [6.45, 7) is 4.73. The number of hydrogen-bond acceptors (Lipinski definition) is 2. The van der Waals surface area contributed by atoms with E-state index in [0.29, 0.717) is 0 Å². The van der Waals surface area contributed by atoms with Crippen LogP contribution in [0.3, 0.4) is 0 Å². The number of rotatable bonds is 4. The lowest BCUT2D eigenvalue weighted by molar-refractivity contribution is 0.449. The lowest BCUT2D eigenvalue weighted by atomic mass is 10.2. The fourth-order valence-electron chi connectivity index (χ4n) is 2.02. The van der Waals surface area contributed by atoms with Gasteiger partial charge in [0.1, 0.15) is 0 Å². The molecule has 0 bridgehead atoms. The van der Waals surface area contributed by atoms with E-state index in [1.807, 2.05) is 0 Å². The van der Waals surface area contributed by atoms with Crippen LogP contribution < -0.4 is 10.6 Å². The molecule has 2 heteroatoms. The van der Waals surface area contributed by atoms with Gasteiger partial charge in [-0.1, -0.05) is 0 Å². The van der Waals surface area contributed by atoms with E-state index in [-0.39, 0.29) is 0 Å². The Morgan fingerprint density at radius 2 is 2.25 bits per heavy atom. The Balaban J connectivity index is 1.60. The molecule has 1 heterocycles. The van der Waals surface area contributed by atoms with Crippen molar-refractivity contribution in [3.63, 3.8) is 0 Å². The van der Waals surface area contributed by atoms with E-state index in [1.165, 1.54) is 38.8 Å². The lowest BCUT2D eigenvalue weighted by Gasteiger charge is -2.16. The van der Waals surface area contributed by atoms with Gasteiger partial charge in [0.15, 0.2) is 0 Å². The molecule has 2 N–H and O–H groups in total. The van der Waals surface area contributed by atoms with Crippen LogP contribution in [-0.2, 0) is 0 Å². The van der Waals surface area contributed by atoms with Crippen LogP contribution in [0.5, 0.6) is 0 Å². The van der Waals surface area contributed by atoms with Crippen molar-refractivity contribution in [2.45, 2.75) is 44.7 Å². The second-order valence-electron chi connectivity index (χ2n) is 4.33.